The average molecular weight is 579 g/mol. The molecule has 206 valence electrons. The predicted molar refractivity (Wildman–Crippen MR) is 140 cm³/mol. The Morgan fingerprint density at radius 2 is 1.77 bits per heavy atom. The Hall–Kier alpha value is -2.95. The molecule has 0 aliphatic heterocycles. The average Bonchev–Trinajstić information content (AvgIpc) is 3.00. The lowest BCUT2D eigenvalue weighted by Crippen LogP contribution is -2.46. The highest BCUT2D eigenvalue weighted by molar-refractivity contribution is 7.92. The van der Waals surface area contributed by atoms with Gasteiger partial charge < -0.3 is 10.4 Å². The van der Waals surface area contributed by atoms with Gasteiger partial charge in [-0.05, 0) is 79.8 Å². The molecule has 2 N–H and O–H groups in total. The molecule has 39 heavy (non-hydrogen) atoms. The zero-order valence-electron chi connectivity index (χ0n) is 21.1. The van der Waals surface area contributed by atoms with Gasteiger partial charge in [0.1, 0.15) is 0 Å². The van der Waals surface area contributed by atoms with E-state index in [1.807, 2.05) is 19.9 Å². The molecule has 1 unspecified atom stereocenters. The molecule has 2 aliphatic carbocycles. The summed E-state index contributed by atoms with van der Waals surface area (Å²) in [5.74, 6) is -6.02. The smallest absolute Gasteiger partial charge is 0.255 e. The fourth-order valence-corrected chi connectivity index (χ4v) is 8.66. The second kappa shape index (κ2) is 9.91. The van der Waals surface area contributed by atoms with E-state index >= 15 is 0 Å². The number of aliphatic hydroxyl groups is 1. The van der Waals surface area contributed by atoms with Crippen LogP contribution in [-0.2, 0) is 15.4 Å². The second-order valence-electron chi connectivity index (χ2n) is 10.5. The maximum absolute atomic E-state index is 13.8. The van der Waals surface area contributed by atoms with Crippen LogP contribution >= 0.6 is 11.6 Å². The number of sulfone groups is 1. The summed E-state index contributed by atoms with van der Waals surface area (Å²) >= 11 is 6.30. The lowest BCUT2D eigenvalue weighted by atomic mass is 9.69. The lowest BCUT2D eigenvalue weighted by Gasteiger charge is -2.43. The van der Waals surface area contributed by atoms with Crippen LogP contribution in [0.1, 0.15) is 47.8 Å². The number of benzene rings is 2. The number of anilines is 1. The Kier molecular flexibility index (Phi) is 7.01. The van der Waals surface area contributed by atoms with E-state index in [2.05, 4.69) is 10.3 Å². The normalized spacial score (nSPS) is 26.4. The van der Waals surface area contributed by atoms with Crippen LogP contribution in [-0.4, -0.2) is 29.7 Å². The minimum atomic E-state index is -4.04. The molecule has 1 aromatic heterocycles. The largest absolute Gasteiger partial charge is 0.385 e. The molecule has 5 atom stereocenters. The zero-order valence-corrected chi connectivity index (χ0v) is 22.7. The molecule has 5 rings (SSSR count). The van der Waals surface area contributed by atoms with E-state index in [1.165, 1.54) is 12.1 Å². The maximum atomic E-state index is 13.8. The van der Waals surface area contributed by atoms with E-state index < -0.39 is 44.0 Å². The zero-order chi connectivity index (χ0) is 28.3. The monoisotopic (exact) mass is 578 g/mol. The number of aryl methyl sites for hydroxylation is 1. The van der Waals surface area contributed by atoms with E-state index in [0.717, 1.165) is 17.3 Å². The number of halogens is 4. The summed E-state index contributed by atoms with van der Waals surface area (Å²) in [7, 11) is -4.04. The number of aromatic nitrogens is 1. The molecular formula is C28H26ClF3N2O4S. The highest BCUT2D eigenvalue weighted by Crippen LogP contribution is 2.59. The first-order valence-corrected chi connectivity index (χ1v) is 14.4. The number of carbonyl (C=O) groups is 1. The number of hydrogen-bond acceptors (Lipinski definition) is 5. The SMILES string of the molecule is Cc1cc([C@@]2(O)C3C[C@@H](S(=O)(=O)c4cc(C(=O)Nc5cc(F)c(F)c(F)c5)ccc4Cl)C[C@@H]2[C@@H](C)C3)ccn1. The quantitative estimate of drug-likeness (QED) is 0.373. The summed E-state index contributed by atoms with van der Waals surface area (Å²) in [6.45, 7) is 3.85. The highest BCUT2D eigenvalue weighted by atomic mass is 35.5. The van der Waals surface area contributed by atoms with Crippen molar-refractivity contribution in [3.8, 4) is 0 Å². The third kappa shape index (κ3) is 4.72. The molecular weight excluding hydrogens is 553 g/mol. The summed E-state index contributed by atoms with van der Waals surface area (Å²) in [6, 6.07) is 8.53. The van der Waals surface area contributed by atoms with E-state index in [-0.39, 0.29) is 51.8 Å². The van der Waals surface area contributed by atoms with Crippen LogP contribution in [0, 0.1) is 42.1 Å². The van der Waals surface area contributed by atoms with Gasteiger partial charge in [0.25, 0.3) is 5.91 Å². The number of nitrogens with zero attached hydrogens (tertiary/aromatic N) is 1. The van der Waals surface area contributed by atoms with Crippen LogP contribution in [0.5, 0.6) is 0 Å². The van der Waals surface area contributed by atoms with Gasteiger partial charge in [-0.3, -0.25) is 9.78 Å². The van der Waals surface area contributed by atoms with Crippen molar-refractivity contribution in [1.82, 2.24) is 4.98 Å². The van der Waals surface area contributed by atoms with Crippen LogP contribution in [0.2, 0.25) is 5.02 Å². The van der Waals surface area contributed by atoms with Gasteiger partial charge in [0, 0.05) is 35.3 Å². The van der Waals surface area contributed by atoms with Crippen molar-refractivity contribution in [2.75, 3.05) is 5.32 Å². The van der Waals surface area contributed by atoms with Crippen LogP contribution < -0.4 is 5.32 Å². The van der Waals surface area contributed by atoms with Crippen LogP contribution in [0.4, 0.5) is 18.9 Å². The van der Waals surface area contributed by atoms with Crippen molar-refractivity contribution in [3.05, 3.63) is 88.0 Å². The Bertz CT molecular complexity index is 1560. The summed E-state index contributed by atoms with van der Waals surface area (Å²) in [5.41, 5.74) is -0.130. The molecule has 2 aromatic carbocycles. The number of rotatable bonds is 5. The molecule has 2 bridgehead atoms. The van der Waals surface area contributed by atoms with Crippen LogP contribution in [0.3, 0.4) is 0 Å². The molecule has 1 amide bonds. The van der Waals surface area contributed by atoms with Crippen molar-refractivity contribution in [3.63, 3.8) is 0 Å². The van der Waals surface area contributed by atoms with Crippen molar-refractivity contribution in [2.45, 2.75) is 48.9 Å². The fraction of sp³-hybridized carbons (Fsp3) is 0.357. The lowest BCUT2D eigenvalue weighted by molar-refractivity contribution is -0.0699. The van der Waals surface area contributed by atoms with Gasteiger partial charge >= 0.3 is 0 Å². The molecule has 2 fully saturated rings. The van der Waals surface area contributed by atoms with Crippen molar-refractivity contribution in [1.29, 1.82) is 0 Å². The van der Waals surface area contributed by atoms with Gasteiger partial charge in [0.15, 0.2) is 27.3 Å². The molecule has 0 radical (unpaired) electrons. The standard InChI is InChI=1S/C28H26ClF3N2O4S/c1-14-7-18-10-20(13-21(14)28(18,36)17-5-6-33-15(2)8-17)39(37,38)25-9-16(3-4-22(25)29)27(35)34-19-11-23(30)26(32)24(31)12-19/h3-6,8-9,11-12,14,18,20-21,36H,7,10,13H2,1-2H3,(H,34,35)/t14-,18?,20+,21+,28+/m0/s1. The van der Waals surface area contributed by atoms with E-state index in [9.17, 15) is 31.5 Å². The molecule has 2 saturated carbocycles. The van der Waals surface area contributed by atoms with Crippen LogP contribution in [0.15, 0.2) is 53.6 Å². The highest BCUT2D eigenvalue weighted by Gasteiger charge is 2.59. The van der Waals surface area contributed by atoms with Gasteiger partial charge in [-0.15, -0.1) is 0 Å². The fourth-order valence-electron chi connectivity index (χ4n) is 6.28. The second-order valence-corrected chi connectivity index (χ2v) is 13.1. The molecule has 11 heteroatoms. The first-order chi connectivity index (χ1) is 18.3. The number of fused-ring (bicyclic) bond motifs is 2. The number of hydrogen-bond donors (Lipinski definition) is 2. The molecule has 3 aromatic rings. The van der Waals surface area contributed by atoms with E-state index in [4.69, 9.17) is 11.6 Å². The molecule has 0 spiro atoms. The maximum Gasteiger partial charge on any atom is 0.255 e. The van der Waals surface area contributed by atoms with Crippen molar-refractivity contribution in [2.24, 2.45) is 17.8 Å². The number of amides is 1. The third-order valence-corrected chi connectivity index (χ3v) is 10.8. The van der Waals surface area contributed by atoms with E-state index in [1.54, 1.807) is 12.3 Å². The van der Waals surface area contributed by atoms with Crippen LogP contribution in [0.25, 0.3) is 0 Å². The minimum absolute atomic E-state index is 0.0728. The minimum Gasteiger partial charge on any atom is -0.385 e. The Balaban J connectivity index is 1.43. The number of carbonyl (C=O) groups excluding carboxylic acids is 1. The van der Waals surface area contributed by atoms with Gasteiger partial charge in [-0.25, -0.2) is 21.6 Å². The number of nitrogens with one attached hydrogen (secondary N) is 1. The molecule has 1 heterocycles. The van der Waals surface area contributed by atoms with Gasteiger partial charge in [0.05, 0.1) is 20.8 Å². The molecule has 6 nitrogen and oxygen atoms in total. The first kappa shape index (κ1) is 27.6. The molecule has 0 saturated heterocycles. The summed E-state index contributed by atoms with van der Waals surface area (Å²) in [5, 5.41) is 13.2. The number of pyridine rings is 1. The summed E-state index contributed by atoms with van der Waals surface area (Å²) in [4.78, 5) is 16.8. The Labute approximate surface area is 229 Å². The van der Waals surface area contributed by atoms with Gasteiger partial charge in [-0.2, -0.15) is 0 Å². The predicted octanol–water partition coefficient (Wildman–Crippen LogP) is 5.81. The molecule has 2 aliphatic rings. The van der Waals surface area contributed by atoms with Gasteiger partial charge in [0.2, 0.25) is 0 Å². The Morgan fingerprint density at radius 3 is 2.41 bits per heavy atom. The Morgan fingerprint density at radius 1 is 1.08 bits per heavy atom. The third-order valence-electron chi connectivity index (χ3n) is 8.13. The van der Waals surface area contributed by atoms with Gasteiger partial charge in [-0.1, -0.05) is 18.5 Å². The summed E-state index contributed by atoms with van der Waals surface area (Å²) < 4.78 is 68.1. The van der Waals surface area contributed by atoms with E-state index in [0.29, 0.717) is 18.6 Å². The first-order valence-electron chi connectivity index (χ1n) is 12.5. The summed E-state index contributed by atoms with van der Waals surface area (Å²) in [6.07, 6.45) is 2.72. The topological polar surface area (TPSA) is 96.4 Å². The van der Waals surface area contributed by atoms with Crippen molar-refractivity contribution < 1.29 is 31.5 Å². The van der Waals surface area contributed by atoms with Crippen molar-refractivity contribution >= 4 is 33.0 Å².